The molecule has 1 heterocycles. The quantitative estimate of drug-likeness (QED) is 0.467. The van der Waals surface area contributed by atoms with Crippen molar-refractivity contribution in [1.29, 1.82) is 0 Å². The molecule has 0 atom stereocenters. The monoisotopic (exact) mass is 376 g/mol. The van der Waals surface area contributed by atoms with Crippen LogP contribution >= 0.6 is 0 Å². The van der Waals surface area contributed by atoms with Crippen molar-refractivity contribution in [3.8, 4) is 11.4 Å². The van der Waals surface area contributed by atoms with Crippen LogP contribution in [0, 0.1) is 20.8 Å². The second kappa shape index (κ2) is 8.89. The third-order valence-electron chi connectivity index (χ3n) is 5.07. The fourth-order valence-corrected chi connectivity index (χ4v) is 3.57. The van der Waals surface area contributed by atoms with Crippen molar-refractivity contribution in [2.75, 3.05) is 20.2 Å². The minimum atomic E-state index is 0.117. The van der Waals surface area contributed by atoms with Crippen LogP contribution < -0.4 is 10.1 Å². The molecule has 0 spiro atoms. The van der Waals surface area contributed by atoms with E-state index in [0.29, 0.717) is 6.54 Å². The molecule has 0 aliphatic heterocycles. The van der Waals surface area contributed by atoms with Crippen molar-refractivity contribution >= 4 is 5.78 Å². The normalized spacial score (nSPS) is 10.9. The van der Waals surface area contributed by atoms with Crippen LogP contribution in [0.5, 0.6) is 5.75 Å². The molecule has 146 valence electrons. The molecule has 0 saturated heterocycles. The van der Waals surface area contributed by atoms with Gasteiger partial charge < -0.3 is 14.6 Å². The summed E-state index contributed by atoms with van der Waals surface area (Å²) in [5.74, 6) is 1.00. The first-order chi connectivity index (χ1) is 13.5. The average molecular weight is 377 g/mol. The molecule has 0 aliphatic carbocycles. The highest BCUT2D eigenvalue weighted by Crippen LogP contribution is 2.21. The number of nitrogens with one attached hydrogen (secondary N) is 1. The number of rotatable bonds is 8. The van der Waals surface area contributed by atoms with E-state index in [2.05, 4.69) is 47.1 Å². The van der Waals surface area contributed by atoms with Crippen LogP contribution in [0.1, 0.15) is 32.9 Å². The highest BCUT2D eigenvalue weighted by molar-refractivity contribution is 5.99. The van der Waals surface area contributed by atoms with Crippen LogP contribution in [0.15, 0.2) is 54.6 Å². The molecule has 4 nitrogen and oxygen atoms in total. The van der Waals surface area contributed by atoms with E-state index in [1.165, 1.54) is 5.56 Å². The van der Waals surface area contributed by atoms with Gasteiger partial charge in [-0.3, -0.25) is 4.79 Å². The van der Waals surface area contributed by atoms with Crippen molar-refractivity contribution in [3.05, 3.63) is 82.7 Å². The SMILES string of the molecule is COc1ccccc1CCNCC(=O)c1cc(C)n(-c2ccc(C)cc2)c1C. The molecule has 0 unspecified atom stereocenters. The lowest BCUT2D eigenvalue weighted by molar-refractivity contribution is 0.0991. The van der Waals surface area contributed by atoms with Crippen molar-refractivity contribution < 1.29 is 9.53 Å². The molecule has 1 aromatic heterocycles. The van der Waals surface area contributed by atoms with Crippen LogP contribution in [-0.4, -0.2) is 30.5 Å². The van der Waals surface area contributed by atoms with Crippen molar-refractivity contribution in [2.45, 2.75) is 27.2 Å². The zero-order valence-corrected chi connectivity index (χ0v) is 17.1. The lowest BCUT2D eigenvalue weighted by atomic mass is 10.1. The number of hydrogen-bond acceptors (Lipinski definition) is 3. The van der Waals surface area contributed by atoms with Gasteiger partial charge in [-0.05, 0) is 63.6 Å². The average Bonchev–Trinajstić information content (AvgIpc) is 3.00. The molecule has 3 aromatic rings. The molecule has 0 aliphatic rings. The Kier molecular flexibility index (Phi) is 6.32. The van der Waals surface area contributed by atoms with E-state index in [9.17, 15) is 4.79 Å². The van der Waals surface area contributed by atoms with E-state index in [4.69, 9.17) is 4.74 Å². The minimum Gasteiger partial charge on any atom is -0.496 e. The first kappa shape index (κ1) is 19.9. The van der Waals surface area contributed by atoms with Crippen molar-refractivity contribution in [2.24, 2.45) is 0 Å². The van der Waals surface area contributed by atoms with Crippen LogP contribution in [0.4, 0.5) is 0 Å². The smallest absolute Gasteiger partial charge is 0.178 e. The molecule has 1 N–H and O–H groups in total. The van der Waals surface area contributed by atoms with E-state index in [1.54, 1.807) is 7.11 Å². The summed E-state index contributed by atoms with van der Waals surface area (Å²) in [7, 11) is 1.68. The summed E-state index contributed by atoms with van der Waals surface area (Å²) in [5.41, 5.74) is 6.28. The Hall–Kier alpha value is -2.85. The van der Waals surface area contributed by atoms with E-state index >= 15 is 0 Å². The lowest BCUT2D eigenvalue weighted by Gasteiger charge is -2.11. The molecule has 0 amide bonds. The topological polar surface area (TPSA) is 43.3 Å². The molecule has 0 radical (unpaired) electrons. The summed E-state index contributed by atoms with van der Waals surface area (Å²) in [6, 6.07) is 18.3. The number of nitrogens with zero attached hydrogens (tertiary/aromatic N) is 1. The van der Waals surface area contributed by atoms with Gasteiger partial charge in [-0.15, -0.1) is 0 Å². The van der Waals surface area contributed by atoms with E-state index in [1.807, 2.05) is 38.1 Å². The molecule has 4 heteroatoms. The Morgan fingerprint density at radius 1 is 1.04 bits per heavy atom. The third kappa shape index (κ3) is 4.34. The molecule has 0 bridgehead atoms. The summed E-state index contributed by atoms with van der Waals surface area (Å²) in [4.78, 5) is 12.8. The van der Waals surface area contributed by atoms with E-state index < -0.39 is 0 Å². The van der Waals surface area contributed by atoms with Gasteiger partial charge in [0.25, 0.3) is 0 Å². The number of hydrogen-bond donors (Lipinski definition) is 1. The lowest BCUT2D eigenvalue weighted by Crippen LogP contribution is -2.25. The summed E-state index contributed by atoms with van der Waals surface area (Å²) in [6.45, 7) is 7.18. The van der Waals surface area contributed by atoms with Gasteiger partial charge in [0.1, 0.15) is 5.75 Å². The van der Waals surface area contributed by atoms with E-state index in [0.717, 1.165) is 46.9 Å². The van der Waals surface area contributed by atoms with Gasteiger partial charge in [0.05, 0.1) is 13.7 Å². The molecule has 0 saturated carbocycles. The number of methoxy groups -OCH3 is 1. The van der Waals surface area contributed by atoms with Gasteiger partial charge in [0.15, 0.2) is 5.78 Å². The first-order valence-corrected chi connectivity index (χ1v) is 9.63. The third-order valence-corrected chi connectivity index (χ3v) is 5.07. The molecule has 2 aromatic carbocycles. The van der Waals surface area contributed by atoms with Crippen molar-refractivity contribution in [3.63, 3.8) is 0 Å². The number of aromatic nitrogens is 1. The second-order valence-electron chi connectivity index (χ2n) is 7.12. The van der Waals surface area contributed by atoms with Crippen molar-refractivity contribution in [1.82, 2.24) is 9.88 Å². The number of para-hydroxylation sites is 1. The minimum absolute atomic E-state index is 0.117. The standard InChI is InChI=1S/C24H28N2O2/c1-17-9-11-21(12-10-17)26-18(2)15-22(19(26)3)23(27)16-25-14-13-20-7-5-6-8-24(20)28-4/h5-12,15,25H,13-14,16H2,1-4H3. The highest BCUT2D eigenvalue weighted by Gasteiger charge is 2.16. The van der Waals surface area contributed by atoms with Gasteiger partial charge >= 0.3 is 0 Å². The largest absolute Gasteiger partial charge is 0.496 e. The Morgan fingerprint density at radius 3 is 2.46 bits per heavy atom. The molecular formula is C24H28N2O2. The maximum atomic E-state index is 12.8. The predicted molar refractivity (Wildman–Crippen MR) is 114 cm³/mol. The number of carbonyl (C=O) groups is 1. The van der Waals surface area contributed by atoms with Gasteiger partial charge in [-0.1, -0.05) is 35.9 Å². The fraction of sp³-hybridized carbons (Fsp3) is 0.292. The predicted octanol–water partition coefficient (Wildman–Crippen LogP) is 4.43. The number of carbonyl (C=O) groups excluding carboxylic acids is 1. The Morgan fingerprint density at radius 2 is 1.75 bits per heavy atom. The van der Waals surface area contributed by atoms with Crippen LogP contribution in [0.3, 0.4) is 0 Å². The summed E-state index contributed by atoms with van der Waals surface area (Å²) < 4.78 is 7.52. The summed E-state index contributed by atoms with van der Waals surface area (Å²) in [5, 5.41) is 3.27. The molecule has 3 rings (SSSR count). The Labute approximate surface area is 167 Å². The maximum absolute atomic E-state index is 12.8. The Balaban J connectivity index is 1.63. The zero-order chi connectivity index (χ0) is 20.1. The maximum Gasteiger partial charge on any atom is 0.178 e. The zero-order valence-electron chi connectivity index (χ0n) is 17.1. The molecule has 0 fully saturated rings. The van der Waals surface area contributed by atoms with Gasteiger partial charge in [-0.25, -0.2) is 0 Å². The summed E-state index contributed by atoms with van der Waals surface area (Å²) in [6.07, 6.45) is 0.819. The number of Topliss-reactive ketones (excluding diaryl/α,β-unsaturated/α-hetero) is 1. The number of benzene rings is 2. The summed E-state index contributed by atoms with van der Waals surface area (Å²) >= 11 is 0. The first-order valence-electron chi connectivity index (χ1n) is 9.63. The van der Waals surface area contributed by atoms with Crippen LogP contribution in [0.2, 0.25) is 0 Å². The molecule has 28 heavy (non-hydrogen) atoms. The van der Waals surface area contributed by atoms with Crippen LogP contribution in [-0.2, 0) is 6.42 Å². The van der Waals surface area contributed by atoms with Crippen LogP contribution in [0.25, 0.3) is 5.69 Å². The number of ether oxygens (including phenoxy) is 1. The van der Waals surface area contributed by atoms with Gasteiger partial charge in [0, 0.05) is 22.6 Å². The Bertz CT molecular complexity index is 955. The van der Waals surface area contributed by atoms with Gasteiger partial charge in [0.2, 0.25) is 0 Å². The number of aryl methyl sites for hydroxylation is 2. The van der Waals surface area contributed by atoms with E-state index in [-0.39, 0.29) is 5.78 Å². The van der Waals surface area contributed by atoms with Gasteiger partial charge in [-0.2, -0.15) is 0 Å². The number of ketones is 1. The molecular weight excluding hydrogens is 348 g/mol. The highest BCUT2D eigenvalue weighted by atomic mass is 16.5. The second-order valence-corrected chi connectivity index (χ2v) is 7.12. The fourth-order valence-electron chi connectivity index (χ4n) is 3.57.